The minimum atomic E-state index is -0.369. The first-order valence-electron chi connectivity index (χ1n) is 7.95. The van der Waals surface area contributed by atoms with Crippen molar-refractivity contribution in [2.45, 2.75) is 13.5 Å². The minimum Gasteiger partial charge on any atom is -0.489 e. The van der Waals surface area contributed by atoms with Crippen LogP contribution in [0.25, 0.3) is 0 Å². The monoisotopic (exact) mass is 335 g/mol. The Bertz CT molecular complexity index is 858. The van der Waals surface area contributed by atoms with Crippen LogP contribution in [0, 0.1) is 12.7 Å². The van der Waals surface area contributed by atoms with Crippen molar-refractivity contribution in [3.8, 4) is 5.75 Å². The molecule has 126 valence electrons. The lowest BCUT2D eigenvalue weighted by molar-refractivity contribution is 0.102. The molecule has 0 saturated carbocycles. The highest BCUT2D eigenvalue weighted by atomic mass is 19.1. The molecule has 1 amide bonds. The van der Waals surface area contributed by atoms with Gasteiger partial charge in [0.2, 0.25) is 0 Å². The molecule has 25 heavy (non-hydrogen) atoms. The van der Waals surface area contributed by atoms with Crippen molar-refractivity contribution in [2.24, 2.45) is 0 Å². The van der Waals surface area contributed by atoms with E-state index in [0.717, 1.165) is 11.3 Å². The van der Waals surface area contributed by atoms with E-state index in [2.05, 4.69) is 11.4 Å². The first-order chi connectivity index (χ1) is 12.1. The number of amides is 1. The van der Waals surface area contributed by atoms with E-state index >= 15 is 0 Å². The summed E-state index contributed by atoms with van der Waals surface area (Å²) in [6, 6.07) is 20.7. The summed E-state index contributed by atoms with van der Waals surface area (Å²) in [6.45, 7) is 2.53. The van der Waals surface area contributed by atoms with Crippen LogP contribution in [0.5, 0.6) is 5.75 Å². The van der Waals surface area contributed by atoms with Crippen LogP contribution >= 0.6 is 0 Å². The molecule has 0 spiro atoms. The molecule has 0 bridgehead atoms. The van der Waals surface area contributed by atoms with Gasteiger partial charge in [-0.2, -0.15) is 0 Å². The van der Waals surface area contributed by atoms with Gasteiger partial charge in [-0.25, -0.2) is 4.39 Å². The maximum atomic E-state index is 12.9. The number of carbonyl (C=O) groups excluding carboxylic acids is 1. The van der Waals surface area contributed by atoms with Gasteiger partial charge in [0.25, 0.3) is 5.91 Å². The number of hydrogen-bond donors (Lipinski definition) is 1. The second-order valence-corrected chi connectivity index (χ2v) is 5.76. The van der Waals surface area contributed by atoms with E-state index in [4.69, 9.17) is 4.74 Å². The van der Waals surface area contributed by atoms with Crippen LogP contribution in [0.3, 0.4) is 0 Å². The van der Waals surface area contributed by atoms with Gasteiger partial charge >= 0.3 is 0 Å². The van der Waals surface area contributed by atoms with Crippen LogP contribution in [-0.2, 0) is 6.61 Å². The predicted octanol–water partition coefficient (Wildman–Crippen LogP) is 4.97. The Hall–Kier alpha value is -3.14. The summed E-state index contributed by atoms with van der Waals surface area (Å²) in [5.41, 5.74) is 3.35. The highest BCUT2D eigenvalue weighted by molar-refractivity contribution is 6.04. The molecule has 0 aromatic heterocycles. The van der Waals surface area contributed by atoms with E-state index in [-0.39, 0.29) is 11.7 Å². The van der Waals surface area contributed by atoms with Crippen LogP contribution in [0.15, 0.2) is 72.8 Å². The third-order valence-corrected chi connectivity index (χ3v) is 3.71. The molecule has 3 nitrogen and oxygen atoms in total. The van der Waals surface area contributed by atoms with Crippen molar-refractivity contribution < 1.29 is 13.9 Å². The average molecular weight is 335 g/mol. The van der Waals surface area contributed by atoms with Gasteiger partial charge in [-0.15, -0.1) is 0 Å². The molecule has 3 rings (SSSR count). The molecular weight excluding hydrogens is 317 g/mol. The third kappa shape index (κ3) is 4.67. The highest BCUT2D eigenvalue weighted by Gasteiger charge is 2.06. The quantitative estimate of drug-likeness (QED) is 0.715. The summed E-state index contributed by atoms with van der Waals surface area (Å²) in [7, 11) is 0. The average Bonchev–Trinajstić information content (AvgIpc) is 2.62. The number of nitrogens with one attached hydrogen (secondary N) is 1. The number of benzene rings is 3. The van der Waals surface area contributed by atoms with Crippen molar-refractivity contribution in [3.63, 3.8) is 0 Å². The molecule has 3 aromatic rings. The highest BCUT2D eigenvalue weighted by Crippen LogP contribution is 2.18. The van der Waals surface area contributed by atoms with Gasteiger partial charge in [0.1, 0.15) is 18.2 Å². The molecule has 0 unspecified atom stereocenters. The van der Waals surface area contributed by atoms with Gasteiger partial charge in [-0.1, -0.05) is 29.8 Å². The first kappa shape index (κ1) is 16.7. The van der Waals surface area contributed by atoms with Gasteiger partial charge in [0.15, 0.2) is 0 Å². The Labute approximate surface area is 146 Å². The zero-order chi connectivity index (χ0) is 17.6. The molecule has 0 aliphatic carbocycles. The fraction of sp³-hybridized carbons (Fsp3) is 0.0952. The lowest BCUT2D eigenvalue weighted by atomic mass is 10.1. The predicted molar refractivity (Wildman–Crippen MR) is 96.3 cm³/mol. The Morgan fingerprint density at radius 2 is 1.72 bits per heavy atom. The van der Waals surface area contributed by atoms with Crippen molar-refractivity contribution in [2.75, 3.05) is 5.32 Å². The van der Waals surface area contributed by atoms with Gasteiger partial charge in [0, 0.05) is 11.3 Å². The molecule has 0 heterocycles. The summed E-state index contributed by atoms with van der Waals surface area (Å²) >= 11 is 0. The standard InChI is InChI=1S/C21H18FNO2/c1-15-3-2-4-16(13-15)14-25-20-11-9-19(10-12-20)23-21(24)17-5-7-18(22)8-6-17/h2-13H,14H2,1H3,(H,23,24). The second kappa shape index (κ2) is 7.62. The fourth-order valence-electron chi connectivity index (χ4n) is 2.41. The lowest BCUT2D eigenvalue weighted by Crippen LogP contribution is -2.11. The molecule has 0 radical (unpaired) electrons. The van der Waals surface area contributed by atoms with Gasteiger partial charge in [-0.05, 0) is 61.0 Å². The van der Waals surface area contributed by atoms with E-state index in [1.54, 1.807) is 24.3 Å². The van der Waals surface area contributed by atoms with E-state index in [9.17, 15) is 9.18 Å². The number of aryl methyl sites for hydroxylation is 1. The smallest absolute Gasteiger partial charge is 0.255 e. The number of halogens is 1. The van der Waals surface area contributed by atoms with Crippen LogP contribution in [0.4, 0.5) is 10.1 Å². The maximum Gasteiger partial charge on any atom is 0.255 e. The van der Waals surface area contributed by atoms with Crippen molar-refractivity contribution in [1.29, 1.82) is 0 Å². The van der Waals surface area contributed by atoms with Crippen LogP contribution in [0.1, 0.15) is 21.5 Å². The van der Waals surface area contributed by atoms with Crippen molar-refractivity contribution >= 4 is 11.6 Å². The second-order valence-electron chi connectivity index (χ2n) is 5.76. The summed E-state index contributed by atoms with van der Waals surface area (Å²) in [5, 5.41) is 2.77. The molecule has 0 fully saturated rings. The fourth-order valence-corrected chi connectivity index (χ4v) is 2.41. The summed E-state index contributed by atoms with van der Waals surface area (Å²) in [6.07, 6.45) is 0. The molecule has 3 aromatic carbocycles. The van der Waals surface area contributed by atoms with Crippen LogP contribution in [-0.4, -0.2) is 5.91 Å². The van der Waals surface area contributed by atoms with Crippen LogP contribution < -0.4 is 10.1 Å². The van der Waals surface area contributed by atoms with Gasteiger partial charge in [-0.3, -0.25) is 4.79 Å². The third-order valence-electron chi connectivity index (χ3n) is 3.71. The zero-order valence-corrected chi connectivity index (χ0v) is 13.8. The Morgan fingerprint density at radius 1 is 1.00 bits per heavy atom. The number of anilines is 1. The minimum absolute atomic E-state index is 0.284. The Kier molecular flexibility index (Phi) is 5.09. The molecule has 0 atom stereocenters. The topological polar surface area (TPSA) is 38.3 Å². The molecule has 0 aliphatic heterocycles. The summed E-state index contributed by atoms with van der Waals surface area (Å²) < 4.78 is 18.6. The van der Waals surface area contributed by atoms with E-state index < -0.39 is 0 Å². The maximum absolute atomic E-state index is 12.9. The number of ether oxygens (including phenoxy) is 1. The van der Waals surface area contributed by atoms with Gasteiger partial charge in [0.05, 0.1) is 0 Å². The normalized spacial score (nSPS) is 10.3. The molecule has 0 aliphatic rings. The number of carbonyl (C=O) groups is 1. The Morgan fingerprint density at radius 3 is 2.40 bits per heavy atom. The summed E-state index contributed by atoms with van der Waals surface area (Å²) in [5.74, 6) is 0.0707. The van der Waals surface area contributed by atoms with E-state index in [1.807, 2.05) is 25.1 Å². The lowest BCUT2D eigenvalue weighted by Gasteiger charge is -2.09. The zero-order valence-electron chi connectivity index (χ0n) is 13.8. The number of hydrogen-bond acceptors (Lipinski definition) is 2. The van der Waals surface area contributed by atoms with Crippen LogP contribution in [0.2, 0.25) is 0 Å². The Balaban J connectivity index is 1.58. The van der Waals surface area contributed by atoms with Gasteiger partial charge < -0.3 is 10.1 Å². The molecular formula is C21H18FNO2. The molecule has 4 heteroatoms. The molecule has 0 saturated heterocycles. The number of rotatable bonds is 5. The summed E-state index contributed by atoms with van der Waals surface area (Å²) in [4.78, 5) is 12.1. The SMILES string of the molecule is Cc1cccc(COc2ccc(NC(=O)c3ccc(F)cc3)cc2)c1. The largest absolute Gasteiger partial charge is 0.489 e. The first-order valence-corrected chi connectivity index (χ1v) is 7.95. The van der Waals surface area contributed by atoms with Crippen molar-refractivity contribution in [3.05, 3.63) is 95.3 Å². The van der Waals surface area contributed by atoms with E-state index in [1.165, 1.54) is 29.8 Å². The molecule has 1 N–H and O–H groups in total. The van der Waals surface area contributed by atoms with E-state index in [0.29, 0.717) is 17.9 Å². The van der Waals surface area contributed by atoms with Crippen molar-refractivity contribution in [1.82, 2.24) is 0 Å².